The topological polar surface area (TPSA) is 43.8 Å². The molecule has 2 N–H and O–H groups in total. The zero-order valence-electron chi connectivity index (χ0n) is 8.67. The van der Waals surface area contributed by atoms with Crippen LogP contribution in [0, 0.1) is 0 Å². The van der Waals surface area contributed by atoms with Gasteiger partial charge in [0.1, 0.15) is 5.65 Å². The average Bonchev–Trinajstić information content (AvgIpc) is 2.74. The van der Waals surface area contributed by atoms with E-state index in [0.717, 1.165) is 22.4 Å². The van der Waals surface area contributed by atoms with Crippen LogP contribution < -0.4 is 5.73 Å². The van der Waals surface area contributed by atoms with Crippen LogP contribution in [0.25, 0.3) is 16.7 Å². The van der Waals surface area contributed by atoms with E-state index in [1.165, 1.54) is 0 Å². The van der Waals surface area contributed by atoms with Gasteiger partial charge >= 0.3 is 0 Å². The van der Waals surface area contributed by atoms with Crippen molar-refractivity contribution in [3.8, 4) is 5.69 Å². The Balaban J connectivity index is 2.22. The molecular formula is C13H11N3. The van der Waals surface area contributed by atoms with Crippen molar-refractivity contribution in [2.24, 2.45) is 0 Å². The van der Waals surface area contributed by atoms with Crippen molar-refractivity contribution in [3.05, 3.63) is 54.9 Å². The molecule has 0 saturated heterocycles. The zero-order valence-corrected chi connectivity index (χ0v) is 8.67. The van der Waals surface area contributed by atoms with Crippen LogP contribution in [-0.2, 0) is 0 Å². The number of hydrogen-bond donors (Lipinski definition) is 1. The highest BCUT2D eigenvalue weighted by atomic mass is 15.0. The van der Waals surface area contributed by atoms with E-state index >= 15 is 0 Å². The summed E-state index contributed by atoms with van der Waals surface area (Å²) >= 11 is 0. The number of anilines is 1. The quantitative estimate of drug-likeness (QED) is 0.626. The molecule has 3 nitrogen and oxygen atoms in total. The number of aromatic nitrogens is 2. The van der Waals surface area contributed by atoms with Crippen LogP contribution in [0.5, 0.6) is 0 Å². The van der Waals surface area contributed by atoms with Crippen molar-refractivity contribution in [2.45, 2.75) is 0 Å². The van der Waals surface area contributed by atoms with Crippen LogP contribution in [0.2, 0.25) is 0 Å². The average molecular weight is 209 g/mol. The number of nitrogens with zero attached hydrogens (tertiary/aromatic N) is 2. The maximum Gasteiger partial charge on any atom is 0.144 e. The summed E-state index contributed by atoms with van der Waals surface area (Å²) in [6, 6.07) is 13.8. The van der Waals surface area contributed by atoms with E-state index in [4.69, 9.17) is 5.73 Å². The number of nitrogens with two attached hydrogens (primary N) is 1. The molecule has 0 fully saturated rings. The zero-order chi connectivity index (χ0) is 11.0. The Labute approximate surface area is 93.1 Å². The molecule has 0 unspecified atom stereocenters. The first kappa shape index (κ1) is 8.97. The third kappa shape index (κ3) is 1.34. The first-order valence-electron chi connectivity index (χ1n) is 5.12. The molecular weight excluding hydrogens is 198 g/mol. The first-order chi connectivity index (χ1) is 7.84. The Morgan fingerprint density at radius 2 is 1.81 bits per heavy atom. The lowest BCUT2D eigenvalue weighted by Crippen LogP contribution is -1.93. The summed E-state index contributed by atoms with van der Waals surface area (Å²) in [7, 11) is 0. The highest BCUT2D eigenvalue weighted by Crippen LogP contribution is 2.18. The molecule has 3 heteroatoms. The fourth-order valence-corrected chi connectivity index (χ4v) is 1.81. The Hall–Kier alpha value is -2.29. The number of rotatable bonds is 1. The molecule has 0 atom stereocenters. The molecule has 0 aliphatic heterocycles. The predicted molar refractivity (Wildman–Crippen MR) is 65.5 cm³/mol. The number of fused-ring (bicyclic) bond motifs is 1. The molecule has 0 bridgehead atoms. The van der Waals surface area contributed by atoms with Crippen LogP contribution in [0.4, 0.5) is 5.69 Å². The summed E-state index contributed by atoms with van der Waals surface area (Å²) in [6.45, 7) is 0. The predicted octanol–water partition coefficient (Wildman–Crippen LogP) is 2.61. The SMILES string of the molecule is Nc1ccc(-n2ccc3cccnc32)cc1. The molecule has 0 amide bonds. The minimum Gasteiger partial charge on any atom is -0.399 e. The normalized spacial score (nSPS) is 10.8. The van der Waals surface area contributed by atoms with Crippen molar-refractivity contribution >= 4 is 16.7 Å². The molecule has 0 radical (unpaired) electrons. The van der Waals surface area contributed by atoms with Crippen LogP contribution in [-0.4, -0.2) is 9.55 Å². The molecule has 3 aromatic rings. The molecule has 2 heterocycles. The van der Waals surface area contributed by atoms with Crippen LogP contribution in [0.15, 0.2) is 54.9 Å². The van der Waals surface area contributed by atoms with Gasteiger partial charge in [-0.05, 0) is 42.5 Å². The number of pyridine rings is 1. The number of hydrogen-bond acceptors (Lipinski definition) is 2. The molecule has 0 aliphatic rings. The van der Waals surface area contributed by atoms with Gasteiger partial charge in [-0.25, -0.2) is 4.98 Å². The lowest BCUT2D eigenvalue weighted by Gasteiger charge is -2.04. The third-order valence-electron chi connectivity index (χ3n) is 2.62. The van der Waals surface area contributed by atoms with Crippen LogP contribution >= 0.6 is 0 Å². The van der Waals surface area contributed by atoms with E-state index in [-0.39, 0.29) is 0 Å². The van der Waals surface area contributed by atoms with E-state index in [1.807, 2.05) is 36.5 Å². The summed E-state index contributed by atoms with van der Waals surface area (Å²) in [4.78, 5) is 4.37. The second kappa shape index (κ2) is 3.38. The summed E-state index contributed by atoms with van der Waals surface area (Å²) < 4.78 is 2.05. The van der Waals surface area contributed by atoms with Crippen molar-refractivity contribution < 1.29 is 0 Å². The van der Waals surface area contributed by atoms with E-state index in [1.54, 1.807) is 6.20 Å². The van der Waals surface area contributed by atoms with Gasteiger partial charge in [0.05, 0.1) is 0 Å². The van der Waals surface area contributed by atoms with Gasteiger partial charge in [-0.15, -0.1) is 0 Å². The summed E-state index contributed by atoms with van der Waals surface area (Å²) in [5.74, 6) is 0. The van der Waals surface area contributed by atoms with Crippen molar-refractivity contribution in [2.75, 3.05) is 5.73 Å². The largest absolute Gasteiger partial charge is 0.399 e. The lowest BCUT2D eigenvalue weighted by molar-refractivity contribution is 1.09. The molecule has 0 saturated carbocycles. The number of benzene rings is 1. The fraction of sp³-hybridized carbons (Fsp3) is 0. The highest BCUT2D eigenvalue weighted by molar-refractivity contribution is 5.77. The van der Waals surface area contributed by atoms with Crippen LogP contribution in [0.1, 0.15) is 0 Å². The van der Waals surface area contributed by atoms with Crippen molar-refractivity contribution in [1.29, 1.82) is 0 Å². The maximum atomic E-state index is 5.67. The molecule has 2 aromatic heterocycles. The second-order valence-corrected chi connectivity index (χ2v) is 3.69. The molecule has 16 heavy (non-hydrogen) atoms. The Kier molecular flexibility index (Phi) is 1.90. The van der Waals surface area contributed by atoms with Crippen molar-refractivity contribution in [1.82, 2.24) is 9.55 Å². The fourth-order valence-electron chi connectivity index (χ4n) is 1.81. The van der Waals surface area contributed by atoms with Gasteiger partial charge in [0.15, 0.2) is 0 Å². The minimum absolute atomic E-state index is 0.771. The number of nitrogen functional groups attached to an aromatic ring is 1. The van der Waals surface area contributed by atoms with E-state index in [2.05, 4.69) is 21.7 Å². The van der Waals surface area contributed by atoms with E-state index < -0.39 is 0 Å². The van der Waals surface area contributed by atoms with Gasteiger partial charge in [0.25, 0.3) is 0 Å². The smallest absolute Gasteiger partial charge is 0.144 e. The second-order valence-electron chi connectivity index (χ2n) is 3.69. The summed E-state index contributed by atoms with van der Waals surface area (Å²) in [6.07, 6.45) is 3.82. The van der Waals surface area contributed by atoms with Gasteiger partial charge < -0.3 is 10.3 Å². The molecule has 0 spiro atoms. The third-order valence-corrected chi connectivity index (χ3v) is 2.62. The van der Waals surface area contributed by atoms with E-state index in [9.17, 15) is 0 Å². The monoisotopic (exact) mass is 209 g/mol. The molecule has 0 aliphatic carbocycles. The van der Waals surface area contributed by atoms with Gasteiger partial charge in [-0.3, -0.25) is 0 Å². The summed E-state index contributed by atoms with van der Waals surface area (Å²) in [5.41, 5.74) is 8.48. The van der Waals surface area contributed by atoms with Gasteiger partial charge in [0.2, 0.25) is 0 Å². The molecule has 78 valence electrons. The molecule has 3 rings (SSSR count). The lowest BCUT2D eigenvalue weighted by atomic mass is 10.3. The highest BCUT2D eigenvalue weighted by Gasteiger charge is 2.02. The first-order valence-corrected chi connectivity index (χ1v) is 5.12. The van der Waals surface area contributed by atoms with Gasteiger partial charge in [-0.2, -0.15) is 0 Å². The standard InChI is InChI=1S/C13H11N3/c14-11-3-5-12(6-4-11)16-9-7-10-2-1-8-15-13(10)16/h1-9H,14H2. The van der Waals surface area contributed by atoms with Crippen LogP contribution in [0.3, 0.4) is 0 Å². The van der Waals surface area contributed by atoms with E-state index in [0.29, 0.717) is 0 Å². The van der Waals surface area contributed by atoms with Crippen molar-refractivity contribution in [3.63, 3.8) is 0 Å². The molecule has 1 aromatic carbocycles. The maximum absolute atomic E-state index is 5.67. The van der Waals surface area contributed by atoms with Gasteiger partial charge in [-0.1, -0.05) is 0 Å². The minimum atomic E-state index is 0.771. The Bertz CT molecular complexity index is 623. The Morgan fingerprint density at radius 3 is 2.62 bits per heavy atom. The Morgan fingerprint density at radius 1 is 1.00 bits per heavy atom. The summed E-state index contributed by atoms with van der Waals surface area (Å²) in [5, 5.41) is 1.14. The van der Waals surface area contributed by atoms with Gasteiger partial charge in [0, 0.05) is 29.2 Å².